The molecule has 0 aromatic heterocycles. The second-order valence-electron chi connectivity index (χ2n) is 5.54. The minimum Gasteiger partial charge on any atom is -0.368 e. The van der Waals surface area contributed by atoms with Gasteiger partial charge in [0.15, 0.2) is 0 Å². The third kappa shape index (κ3) is 4.35. The lowest BCUT2D eigenvalue weighted by molar-refractivity contribution is -0.133. The Bertz CT molecular complexity index is 455. The van der Waals surface area contributed by atoms with Crippen molar-refractivity contribution in [3.8, 4) is 0 Å². The van der Waals surface area contributed by atoms with Crippen LogP contribution in [0.15, 0.2) is 24.3 Å². The van der Waals surface area contributed by atoms with E-state index in [-0.39, 0.29) is 11.9 Å². The van der Waals surface area contributed by atoms with Gasteiger partial charge in [-0.3, -0.25) is 4.79 Å². The molecule has 1 aliphatic heterocycles. The molecule has 1 aromatic carbocycles. The van der Waals surface area contributed by atoms with E-state index in [0.717, 1.165) is 56.2 Å². The molecule has 116 valence electrons. The van der Waals surface area contributed by atoms with Gasteiger partial charge in [-0.1, -0.05) is 31.4 Å². The topological polar surface area (TPSA) is 49.6 Å². The summed E-state index contributed by atoms with van der Waals surface area (Å²) in [7, 11) is 0. The number of anilines is 1. The van der Waals surface area contributed by atoms with Gasteiger partial charge in [-0.2, -0.15) is 0 Å². The molecule has 1 saturated heterocycles. The van der Waals surface area contributed by atoms with Crippen molar-refractivity contribution in [2.24, 2.45) is 5.73 Å². The third-order valence-corrected chi connectivity index (χ3v) is 4.22. The van der Waals surface area contributed by atoms with Crippen molar-refractivity contribution in [2.75, 3.05) is 31.1 Å². The molecule has 0 saturated carbocycles. The van der Waals surface area contributed by atoms with E-state index in [4.69, 9.17) is 17.3 Å². The van der Waals surface area contributed by atoms with Crippen LogP contribution < -0.4 is 10.6 Å². The molecule has 21 heavy (non-hydrogen) atoms. The van der Waals surface area contributed by atoms with Gasteiger partial charge in [0.1, 0.15) is 0 Å². The number of amides is 1. The van der Waals surface area contributed by atoms with Crippen molar-refractivity contribution in [3.05, 3.63) is 29.3 Å². The van der Waals surface area contributed by atoms with E-state index in [9.17, 15) is 4.79 Å². The normalized spacial score (nSPS) is 16.9. The zero-order chi connectivity index (χ0) is 15.2. The fourth-order valence-electron chi connectivity index (χ4n) is 2.62. The van der Waals surface area contributed by atoms with Gasteiger partial charge in [-0.25, -0.2) is 0 Å². The minimum absolute atomic E-state index is 0.0965. The molecule has 1 heterocycles. The molecule has 2 N–H and O–H groups in total. The Morgan fingerprint density at radius 1 is 1.24 bits per heavy atom. The van der Waals surface area contributed by atoms with E-state index in [1.165, 1.54) is 0 Å². The van der Waals surface area contributed by atoms with Gasteiger partial charge in [0.2, 0.25) is 5.91 Å². The quantitative estimate of drug-likeness (QED) is 0.909. The van der Waals surface area contributed by atoms with E-state index >= 15 is 0 Å². The van der Waals surface area contributed by atoms with Gasteiger partial charge in [0.25, 0.3) is 0 Å². The maximum atomic E-state index is 12.3. The lowest BCUT2D eigenvalue weighted by atomic mass is 10.1. The number of piperazine rings is 1. The summed E-state index contributed by atoms with van der Waals surface area (Å²) < 4.78 is 0. The highest BCUT2D eigenvalue weighted by molar-refractivity contribution is 6.30. The van der Waals surface area contributed by atoms with Gasteiger partial charge in [-0.05, 0) is 30.7 Å². The molecular formula is C16H24ClN3O. The molecule has 0 aliphatic carbocycles. The highest BCUT2D eigenvalue weighted by atomic mass is 35.5. The SMILES string of the molecule is CCCC[C@H](N)C(=O)N1CCN(c2ccc(Cl)cc2)CC1. The fourth-order valence-corrected chi connectivity index (χ4v) is 2.74. The lowest BCUT2D eigenvalue weighted by Crippen LogP contribution is -2.53. The number of hydrogen-bond donors (Lipinski definition) is 1. The van der Waals surface area contributed by atoms with Crippen molar-refractivity contribution >= 4 is 23.2 Å². The number of halogens is 1. The van der Waals surface area contributed by atoms with E-state index in [1.807, 2.05) is 29.2 Å². The minimum atomic E-state index is -0.341. The number of nitrogens with zero attached hydrogens (tertiary/aromatic N) is 2. The Morgan fingerprint density at radius 3 is 2.43 bits per heavy atom. The molecule has 1 aromatic rings. The van der Waals surface area contributed by atoms with Gasteiger partial charge < -0.3 is 15.5 Å². The first kappa shape index (κ1) is 16.1. The predicted molar refractivity (Wildman–Crippen MR) is 87.7 cm³/mol. The summed E-state index contributed by atoms with van der Waals surface area (Å²) in [5, 5.41) is 0.745. The first-order valence-corrected chi connectivity index (χ1v) is 8.04. The Morgan fingerprint density at radius 2 is 1.86 bits per heavy atom. The number of rotatable bonds is 5. The molecule has 2 rings (SSSR count). The number of benzene rings is 1. The zero-order valence-corrected chi connectivity index (χ0v) is 13.4. The van der Waals surface area contributed by atoms with Crippen LogP contribution in [-0.4, -0.2) is 43.0 Å². The zero-order valence-electron chi connectivity index (χ0n) is 12.6. The van der Waals surface area contributed by atoms with E-state index < -0.39 is 0 Å². The lowest BCUT2D eigenvalue weighted by Gasteiger charge is -2.37. The van der Waals surface area contributed by atoms with Crippen LogP contribution in [-0.2, 0) is 4.79 Å². The second kappa shape index (κ2) is 7.66. The maximum absolute atomic E-state index is 12.3. The summed E-state index contributed by atoms with van der Waals surface area (Å²) in [5.41, 5.74) is 7.13. The van der Waals surface area contributed by atoms with E-state index in [0.29, 0.717) is 0 Å². The molecular weight excluding hydrogens is 286 g/mol. The van der Waals surface area contributed by atoms with Crippen molar-refractivity contribution in [1.29, 1.82) is 0 Å². The Labute approximate surface area is 131 Å². The molecule has 0 radical (unpaired) electrons. The number of nitrogens with two attached hydrogens (primary N) is 1. The van der Waals surface area contributed by atoms with Crippen LogP contribution in [0, 0.1) is 0 Å². The molecule has 0 unspecified atom stereocenters. The smallest absolute Gasteiger partial charge is 0.239 e. The average Bonchev–Trinajstić information content (AvgIpc) is 2.53. The largest absolute Gasteiger partial charge is 0.368 e. The van der Waals surface area contributed by atoms with Crippen molar-refractivity contribution in [1.82, 2.24) is 4.90 Å². The van der Waals surface area contributed by atoms with Crippen molar-refractivity contribution in [2.45, 2.75) is 32.2 Å². The second-order valence-corrected chi connectivity index (χ2v) is 5.97. The van der Waals surface area contributed by atoms with Crippen molar-refractivity contribution in [3.63, 3.8) is 0 Å². The average molecular weight is 310 g/mol. The van der Waals surface area contributed by atoms with Crippen LogP contribution in [0.4, 0.5) is 5.69 Å². The van der Waals surface area contributed by atoms with E-state index in [2.05, 4.69) is 11.8 Å². The van der Waals surface area contributed by atoms with Gasteiger partial charge in [0.05, 0.1) is 6.04 Å². The third-order valence-electron chi connectivity index (χ3n) is 3.97. The fraction of sp³-hybridized carbons (Fsp3) is 0.562. The van der Waals surface area contributed by atoms with E-state index in [1.54, 1.807) is 0 Å². The van der Waals surface area contributed by atoms with Crippen LogP contribution in [0.3, 0.4) is 0 Å². The molecule has 1 fully saturated rings. The Kier molecular flexibility index (Phi) is 5.88. The molecule has 5 heteroatoms. The molecule has 1 aliphatic rings. The van der Waals surface area contributed by atoms with Crippen LogP contribution in [0.25, 0.3) is 0 Å². The van der Waals surface area contributed by atoms with Crippen LogP contribution in [0.1, 0.15) is 26.2 Å². The summed E-state index contributed by atoms with van der Waals surface area (Å²) >= 11 is 5.91. The van der Waals surface area contributed by atoms with Crippen LogP contribution >= 0.6 is 11.6 Å². The summed E-state index contributed by atoms with van der Waals surface area (Å²) in [5.74, 6) is 0.0965. The van der Waals surface area contributed by atoms with Crippen LogP contribution in [0.2, 0.25) is 5.02 Å². The Balaban J connectivity index is 1.85. The van der Waals surface area contributed by atoms with Gasteiger partial charge in [0, 0.05) is 36.9 Å². The molecule has 0 bridgehead atoms. The molecule has 1 amide bonds. The molecule has 0 spiro atoms. The molecule has 4 nitrogen and oxygen atoms in total. The van der Waals surface area contributed by atoms with Crippen molar-refractivity contribution < 1.29 is 4.79 Å². The maximum Gasteiger partial charge on any atom is 0.239 e. The summed E-state index contributed by atoms with van der Waals surface area (Å²) in [6, 6.07) is 7.50. The van der Waals surface area contributed by atoms with Crippen LogP contribution in [0.5, 0.6) is 0 Å². The monoisotopic (exact) mass is 309 g/mol. The number of carbonyl (C=O) groups is 1. The standard InChI is InChI=1S/C16H24ClN3O/c1-2-3-4-15(18)16(21)20-11-9-19(10-12-20)14-7-5-13(17)6-8-14/h5-8,15H,2-4,9-12,18H2,1H3/t15-/m0/s1. The first-order chi connectivity index (χ1) is 10.1. The predicted octanol–water partition coefficient (Wildman–Crippen LogP) is 2.51. The highest BCUT2D eigenvalue weighted by Crippen LogP contribution is 2.19. The number of hydrogen-bond acceptors (Lipinski definition) is 3. The summed E-state index contributed by atoms with van der Waals surface area (Å²) in [6.07, 6.45) is 2.87. The number of unbranched alkanes of at least 4 members (excludes halogenated alkanes) is 1. The highest BCUT2D eigenvalue weighted by Gasteiger charge is 2.24. The Hall–Kier alpha value is -1.26. The van der Waals surface area contributed by atoms with Gasteiger partial charge >= 0.3 is 0 Å². The summed E-state index contributed by atoms with van der Waals surface area (Å²) in [4.78, 5) is 16.4. The number of carbonyl (C=O) groups excluding carboxylic acids is 1. The van der Waals surface area contributed by atoms with Gasteiger partial charge in [-0.15, -0.1) is 0 Å². The first-order valence-electron chi connectivity index (χ1n) is 7.66. The summed E-state index contributed by atoms with van der Waals surface area (Å²) in [6.45, 7) is 5.27. The molecule has 1 atom stereocenters.